The summed E-state index contributed by atoms with van der Waals surface area (Å²) < 4.78 is 19.2. The molecule has 1 aromatic rings. The number of ether oxygens (including phenoxy) is 1. The fourth-order valence-corrected chi connectivity index (χ4v) is 3.34. The second-order valence-corrected chi connectivity index (χ2v) is 5.33. The summed E-state index contributed by atoms with van der Waals surface area (Å²) in [6.07, 6.45) is 5.85. The lowest BCUT2D eigenvalue weighted by atomic mass is 9.76. The van der Waals surface area contributed by atoms with E-state index in [0.717, 1.165) is 25.0 Å². The zero-order chi connectivity index (χ0) is 13.7. The molecule has 1 N–H and O–H groups in total. The van der Waals surface area contributed by atoms with Crippen LogP contribution in [0, 0.1) is 5.82 Å². The summed E-state index contributed by atoms with van der Waals surface area (Å²) in [5, 5.41) is 3.39. The summed E-state index contributed by atoms with van der Waals surface area (Å²) in [5.41, 5.74) is 0.971. The summed E-state index contributed by atoms with van der Waals surface area (Å²) in [5.74, 6) is -0.187. The Bertz CT molecular complexity index is 379. The summed E-state index contributed by atoms with van der Waals surface area (Å²) in [4.78, 5) is 0. The molecule has 0 saturated heterocycles. The van der Waals surface area contributed by atoms with Crippen LogP contribution in [0.15, 0.2) is 24.3 Å². The highest BCUT2D eigenvalue weighted by atomic mass is 19.1. The highest BCUT2D eigenvalue weighted by Crippen LogP contribution is 2.41. The van der Waals surface area contributed by atoms with Gasteiger partial charge in [0.05, 0.1) is 11.6 Å². The quantitative estimate of drug-likeness (QED) is 0.873. The third kappa shape index (κ3) is 3.15. The molecule has 1 aromatic carbocycles. The molecule has 19 heavy (non-hydrogen) atoms. The van der Waals surface area contributed by atoms with Crippen molar-refractivity contribution in [3.63, 3.8) is 0 Å². The molecular formula is C16H24FNO. The molecule has 1 fully saturated rings. The van der Waals surface area contributed by atoms with Gasteiger partial charge >= 0.3 is 0 Å². The van der Waals surface area contributed by atoms with Crippen molar-refractivity contribution >= 4 is 0 Å². The van der Waals surface area contributed by atoms with Crippen LogP contribution in [0.2, 0.25) is 0 Å². The molecule has 0 aromatic heterocycles. The molecule has 1 atom stereocenters. The largest absolute Gasteiger partial charge is 0.373 e. The predicted molar refractivity (Wildman–Crippen MR) is 75.6 cm³/mol. The maximum atomic E-state index is 13.1. The minimum absolute atomic E-state index is 0.133. The van der Waals surface area contributed by atoms with Gasteiger partial charge in [0.2, 0.25) is 0 Å². The Labute approximate surface area is 115 Å². The number of benzene rings is 1. The van der Waals surface area contributed by atoms with Crippen LogP contribution in [-0.2, 0) is 4.74 Å². The second-order valence-electron chi connectivity index (χ2n) is 5.33. The van der Waals surface area contributed by atoms with E-state index in [0.29, 0.717) is 0 Å². The second kappa shape index (κ2) is 6.49. The van der Waals surface area contributed by atoms with E-state index in [1.54, 1.807) is 0 Å². The lowest BCUT2D eigenvalue weighted by Gasteiger charge is -2.43. The van der Waals surface area contributed by atoms with Gasteiger partial charge in [-0.3, -0.25) is 0 Å². The molecule has 0 amide bonds. The van der Waals surface area contributed by atoms with Crippen LogP contribution in [0.3, 0.4) is 0 Å². The van der Waals surface area contributed by atoms with E-state index < -0.39 is 0 Å². The minimum atomic E-state index is -0.187. The summed E-state index contributed by atoms with van der Waals surface area (Å²) in [7, 11) is 1.96. The summed E-state index contributed by atoms with van der Waals surface area (Å²) >= 11 is 0. The fourth-order valence-electron chi connectivity index (χ4n) is 3.34. The normalized spacial score (nSPS) is 20.2. The van der Waals surface area contributed by atoms with Gasteiger partial charge in [0, 0.05) is 6.61 Å². The molecule has 0 aliphatic heterocycles. The van der Waals surface area contributed by atoms with Crippen LogP contribution in [0.4, 0.5) is 4.39 Å². The number of hydrogen-bond acceptors (Lipinski definition) is 2. The maximum Gasteiger partial charge on any atom is 0.123 e. The van der Waals surface area contributed by atoms with Gasteiger partial charge in [-0.2, -0.15) is 0 Å². The number of hydrogen-bond donors (Lipinski definition) is 1. The van der Waals surface area contributed by atoms with Crippen molar-refractivity contribution in [1.82, 2.24) is 5.32 Å². The average molecular weight is 265 g/mol. The van der Waals surface area contributed by atoms with Gasteiger partial charge in [-0.15, -0.1) is 0 Å². The highest BCUT2D eigenvalue weighted by molar-refractivity contribution is 5.23. The Morgan fingerprint density at radius 1 is 1.21 bits per heavy atom. The predicted octanol–water partition coefficient (Wildman–Crippen LogP) is 3.83. The average Bonchev–Trinajstić information content (AvgIpc) is 2.43. The van der Waals surface area contributed by atoms with Gasteiger partial charge in [-0.1, -0.05) is 31.4 Å². The van der Waals surface area contributed by atoms with Crippen molar-refractivity contribution in [1.29, 1.82) is 0 Å². The first-order chi connectivity index (χ1) is 9.22. The fraction of sp³-hybridized carbons (Fsp3) is 0.625. The third-order valence-electron chi connectivity index (χ3n) is 4.15. The van der Waals surface area contributed by atoms with Crippen LogP contribution >= 0.6 is 0 Å². The molecule has 1 aliphatic rings. The van der Waals surface area contributed by atoms with Crippen LogP contribution in [0.5, 0.6) is 0 Å². The van der Waals surface area contributed by atoms with Crippen LogP contribution in [-0.4, -0.2) is 19.3 Å². The van der Waals surface area contributed by atoms with Crippen molar-refractivity contribution in [2.75, 3.05) is 13.7 Å². The molecule has 2 nitrogen and oxygen atoms in total. The van der Waals surface area contributed by atoms with E-state index in [1.807, 2.05) is 26.1 Å². The molecule has 0 spiro atoms. The van der Waals surface area contributed by atoms with Crippen LogP contribution in [0.25, 0.3) is 0 Å². The lowest BCUT2D eigenvalue weighted by molar-refractivity contribution is -0.0898. The zero-order valence-corrected chi connectivity index (χ0v) is 11.9. The smallest absolute Gasteiger partial charge is 0.123 e. The van der Waals surface area contributed by atoms with Crippen LogP contribution < -0.4 is 5.32 Å². The first-order valence-corrected chi connectivity index (χ1v) is 7.28. The molecule has 0 bridgehead atoms. The van der Waals surface area contributed by atoms with Gasteiger partial charge in [0.25, 0.3) is 0 Å². The number of halogens is 1. The van der Waals surface area contributed by atoms with Gasteiger partial charge in [0.15, 0.2) is 0 Å². The summed E-state index contributed by atoms with van der Waals surface area (Å²) in [6, 6.07) is 6.93. The van der Waals surface area contributed by atoms with Gasteiger partial charge in [-0.05, 0) is 44.5 Å². The van der Waals surface area contributed by atoms with E-state index in [-0.39, 0.29) is 17.5 Å². The van der Waals surface area contributed by atoms with E-state index in [9.17, 15) is 4.39 Å². The van der Waals surface area contributed by atoms with E-state index in [1.165, 1.54) is 31.4 Å². The molecule has 1 aliphatic carbocycles. The van der Waals surface area contributed by atoms with Gasteiger partial charge < -0.3 is 10.1 Å². The monoisotopic (exact) mass is 265 g/mol. The standard InChI is InChI=1S/C16H24FNO/c1-3-19-16(11-5-4-6-12-16)15(18-2)13-7-9-14(17)10-8-13/h7-10,15,18H,3-6,11-12H2,1-2H3. The van der Waals surface area contributed by atoms with E-state index >= 15 is 0 Å². The molecular weight excluding hydrogens is 241 g/mol. The first kappa shape index (κ1) is 14.5. The number of rotatable bonds is 5. The molecule has 0 radical (unpaired) electrons. The van der Waals surface area contributed by atoms with Crippen molar-refractivity contribution in [2.24, 2.45) is 0 Å². The Morgan fingerprint density at radius 3 is 2.37 bits per heavy atom. The SMILES string of the molecule is CCOC1(C(NC)c2ccc(F)cc2)CCCCC1. The van der Waals surface area contributed by atoms with Gasteiger partial charge in [0.1, 0.15) is 5.82 Å². The molecule has 1 saturated carbocycles. The van der Waals surface area contributed by atoms with E-state index in [2.05, 4.69) is 5.32 Å². The molecule has 106 valence electrons. The van der Waals surface area contributed by atoms with Crippen molar-refractivity contribution in [2.45, 2.75) is 50.7 Å². The number of nitrogens with one attached hydrogen (secondary N) is 1. The van der Waals surface area contributed by atoms with Crippen molar-refractivity contribution in [3.8, 4) is 0 Å². The van der Waals surface area contributed by atoms with Crippen molar-refractivity contribution in [3.05, 3.63) is 35.6 Å². The Kier molecular flexibility index (Phi) is 4.94. The first-order valence-electron chi connectivity index (χ1n) is 7.28. The lowest BCUT2D eigenvalue weighted by Crippen LogP contribution is -2.46. The Balaban J connectivity index is 2.28. The highest BCUT2D eigenvalue weighted by Gasteiger charge is 2.40. The number of likely N-dealkylation sites (N-methyl/N-ethyl adjacent to an activating group) is 1. The molecule has 2 rings (SSSR count). The minimum Gasteiger partial charge on any atom is -0.373 e. The zero-order valence-electron chi connectivity index (χ0n) is 11.9. The maximum absolute atomic E-state index is 13.1. The molecule has 0 heterocycles. The van der Waals surface area contributed by atoms with E-state index in [4.69, 9.17) is 4.74 Å². The summed E-state index contributed by atoms with van der Waals surface area (Å²) in [6.45, 7) is 2.77. The molecule has 1 unspecified atom stereocenters. The third-order valence-corrected chi connectivity index (χ3v) is 4.15. The topological polar surface area (TPSA) is 21.3 Å². The van der Waals surface area contributed by atoms with Crippen LogP contribution in [0.1, 0.15) is 50.6 Å². The van der Waals surface area contributed by atoms with Crippen molar-refractivity contribution < 1.29 is 9.13 Å². The Hall–Kier alpha value is -0.930. The Morgan fingerprint density at radius 2 is 1.84 bits per heavy atom. The van der Waals surface area contributed by atoms with Gasteiger partial charge in [-0.25, -0.2) is 4.39 Å². The molecule has 3 heteroatoms.